The molecular formula is C56H44N4. The van der Waals surface area contributed by atoms with Crippen molar-refractivity contribution >= 4 is 38.9 Å². The maximum atomic E-state index is 5.23. The molecule has 10 rings (SSSR count). The first-order valence-electron chi connectivity index (χ1n) is 20.6. The Balaban J connectivity index is 1.03. The summed E-state index contributed by atoms with van der Waals surface area (Å²) in [6.45, 7) is 8.67. The number of aromatic nitrogens is 3. The normalized spacial score (nSPS) is 11.3. The predicted molar refractivity (Wildman–Crippen MR) is 252 cm³/mol. The highest BCUT2D eigenvalue weighted by Crippen LogP contribution is 2.40. The zero-order chi connectivity index (χ0) is 40.7. The van der Waals surface area contributed by atoms with Crippen LogP contribution in [0.2, 0.25) is 0 Å². The van der Waals surface area contributed by atoms with Gasteiger partial charge in [-0.1, -0.05) is 127 Å². The molecule has 4 heteroatoms. The van der Waals surface area contributed by atoms with Crippen molar-refractivity contribution in [3.63, 3.8) is 0 Å². The van der Waals surface area contributed by atoms with Crippen LogP contribution in [0.4, 0.5) is 17.1 Å². The Morgan fingerprint density at radius 3 is 1.58 bits per heavy atom. The summed E-state index contributed by atoms with van der Waals surface area (Å²) >= 11 is 0. The van der Waals surface area contributed by atoms with Crippen molar-refractivity contribution in [1.29, 1.82) is 0 Å². The fourth-order valence-electron chi connectivity index (χ4n) is 8.83. The summed E-state index contributed by atoms with van der Waals surface area (Å²) in [6, 6.07) is 69.3. The molecule has 0 amide bonds. The molecule has 288 valence electrons. The molecule has 2 aromatic heterocycles. The highest BCUT2D eigenvalue weighted by Gasteiger charge is 2.19. The predicted octanol–water partition coefficient (Wildman–Crippen LogP) is 14.9. The molecule has 0 saturated heterocycles. The molecule has 0 aliphatic rings. The first-order chi connectivity index (χ1) is 29.4. The van der Waals surface area contributed by atoms with Gasteiger partial charge in [-0.25, -0.2) is 9.97 Å². The van der Waals surface area contributed by atoms with Crippen molar-refractivity contribution in [2.24, 2.45) is 0 Å². The maximum absolute atomic E-state index is 5.23. The summed E-state index contributed by atoms with van der Waals surface area (Å²) in [5.74, 6) is 0.744. The lowest BCUT2D eigenvalue weighted by Crippen LogP contribution is -2.09. The van der Waals surface area contributed by atoms with Gasteiger partial charge in [0.2, 0.25) is 0 Å². The largest absolute Gasteiger partial charge is 0.310 e. The van der Waals surface area contributed by atoms with Crippen LogP contribution >= 0.6 is 0 Å². The second kappa shape index (κ2) is 15.3. The minimum Gasteiger partial charge on any atom is -0.310 e. The van der Waals surface area contributed by atoms with Gasteiger partial charge in [0.25, 0.3) is 0 Å². The van der Waals surface area contributed by atoms with Crippen LogP contribution in [0.3, 0.4) is 0 Å². The Morgan fingerprint density at radius 2 is 0.933 bits per heavy atom. The van der Waals surface area contributed by atoms with Crippen LogP contribution in [-0.4, -0.2) is 14.5 Å². The molecule has 0 aliphatic heterocycles. The van der Waals surface area contributed by atoms with Gasteiger partial charge < -0.3 is 9.47 Å². The molecule has 0 radical (unpaired) electrons. The number of aryl methyl sites for hydroxylation is 4. The number of hydrogen-bond acceptors (Lipinski definition) is 3. The highest BCUT2D eigenvalue weighted by molar-refractivity contribution is 6.10. The smallest absolute Gasteiger partial charge is 0.160 e. The number of nitrogens with zero attached hydrogens (tertiary/aromatic N) is 4. The van der Waals surface area contributed by atoms with Crippen LogP contribution in [0, 0.1) is 27.7 Å². The number of anilines is 3. The van der Waals surface area contributed by atoms with E-state index in [9.17, 15) is 0 Å². The van der Waals surface area contributed by atoms with Crippen molar-refractivity contribution in [3.8, 4) is 50.7 Å². The molecular weight excluding hydrogens is 729 g/mol. The van der Waals surface area contributed by atoms with Gasteiger partial charge >= 0.3 is 0 Å². The lowest BCUT2D eigenvalue weighted by molar-refractivity contribution is 1.16. The topological polar surface area (TPSA) is 34.0 Å². The third-order valence-electron chi connectivity index (χ3n) is 11.7. The van der Waals surface area contributed by atoms with Gasteiger partial charge in [-0.2, -0.15) is 0 Å². The van der Waals surface area contributed by atoms with Gasteiger partial charge in [0.15, 0.2) is 5.82 Å². The standard InChI is InChI=1S/C56H44N4/c1-37-17-11-13-23-47(37)51-36-52(58-56(57-51)48-24-14-12-18-38(48)2)55-39(3)33-42(34-40(55)4)41-27-29-45(30-28-41)60-53-26-16-15-25-49(53)50-35-46(31-32-54(50)60)59(43-19-7-5-8-20-43)44-21-9-6-10-22-44/h5-36H,1-4H3. The Kier molecular flexibility index (Phi) is 9.38. The summed E-state index contributed by atoms with van der Waals surface area (Å²) in [5.41, 5.74) is 19.1. The summed E-state index contributed by atoms with van der Waals surface area (Å²) < 4.78 is 2.39. The molecule has 0 saturated carbocycles. The van der Waals surface area contributed by atoms with E-state index in [0.717, 1.165) is 62.2 Å². The van der Waals surface area contributed by atoms with E-state index in [1.165, 1.54) is 49.6 Å². The number of benzene rings is 8. The van der Waals surface area contributed by atoms with Crippen molar-refractivity contribution in [3.05, 3.63) is 216 Å². The summed E-state index contributed by atoms with van der Waals surface area (Å²) in [4.78, 5) is 12.7. The number of fused-ring (bicyclic) bond motifs is 3. The van der Waals surface area contributed by atoms with Crippen LogP contribution in [0.1, 0.15) is 22.3 Å². The molecule has 0 aliphatic carbocycles. The quantitative estimate of drug-likeness (QED) is 0.154. The van der Waals surface area contributed by atoms with Gasteiger partial charge in [-0.05, 0) is 128 Å². The second-order valence-electron chi connectivity index (χ2n) is 15.7. The molecule has 0 bridgehead atoms. The number of rotatable bonds is 8. The van der Waals surface area contributed by atoms with Crippen molar-refractivity contribution in [1.82, 2.24) is 14.5 Å². The molecule has 0 spiro atoms. The van der Waals surface area contributed by atoms with Crippen LogP contribution in [-0.2, 0) is 0 Å². The fourth-order valence-corrected chi connectivity index (χ4v) is 8.83. The highest BCUT2D eigenvalue weighted by atomic mass is 15.1. The molecule has 60 heavy (non-hydrogen) atoms. The summed E-state index contributed by atoms with van der Waals surface area (Å²) in [7, 11) is 0. The molecule has 4 nitrogen and oxygen atoms in total. The van der Waals surface area contributed by atoms with Crippen molar-refractivity contribution < 1.29 is 0 Å². The third kappa shape index (κ3) is 6.62. The molecule has 0 fully saturated rings. The van der Waals surface area contributed by atoms with Crippen LogP contribution in [0.25, 0.3) is 72.5 Å². The van der Waals surface area contributed by atoms with E-state index in [4.69, 9.17) is 9.97 Å². The van der Waals surface area contributed by atoms with E-state index in [1.807, 2.05) is 0 Å². The minimum absolute atomic E-state index is 0.744. The summed E-state index contributed by atoms with van der Waals surface area (Å²) in [5, 5.41) is 2.44. The first kappa shape index (κ1) is 36.8. The Labute approximate surface area is 351 Å². The van der Waals surface area contributed by atoms with E-state index < -0.39 is 0 Å². The third-order valence-corrected chi connectivity index (χ3v) is 11.7. The molecule has 0 N–H and O–H groups in total. The number of para-hydroxylation sites is 3. The Hall–Kier alpha value is -7.56. The Bertz CT molecular complexity index is 3050. The second-order valence-corrected chi connectivity index (χ2v) is 15.7. The molecule has 10 aromatic rings. The number of hydrogen-bond donors (Lipinski definition) is 0. The van der Waals surface area contributed by atoms with Gasteiger partial charge in [-0.3, -0.25) is 0 Å². The zero-order valence-electron chi connectivity index (χ0n) is 34.3. The average Bonchev–Trinajstić information content (AvgIpc) is 3.61. The van der Waals surface area contributed by atoms with Crippen LogP contribution < -0.4 is 4.90 Å². The molecule has 0 atom stereocenters. The van der Waals surface area contributed by atoms with Gasteiger partial charge in [0.05, 0.1) is 22.4 Å². The van der Waals surface area contributed by atoms with Crippen molar-refractivity contribution in [2.45, 2.75) is 27.7 Å². The SMILES string of the molecule is Cc1ccccc1-c1cc(-c2c(C)cc(-c3ccc(-n4c5ccccc5c5cc(N(c6ccccc6)c6ccccc6)ccc54)cc3)cc2C)nc(-c2ccccc2C)n1. The van der Waals surface area contributed by atoms with E-state index in [0.29, 0.717) is 0 Å². The van der Waals surface area contributed by atoms with Crippen molar-refractivity contribution in [2.75, 3.05) is 4.90 Å². The monoisotopic (exact) mass is 772 g/mol. The fraction of sp³-hybridized carbons (Fsp3) is 0.0714. The van der Waals surface area contributed by atoms with Gasteiger partial charge in [-0.15, -0.1) is 0 Å². The van der Waals surface area contributed by atoms with E-state index >= 15 is 0 Å². The summed E-state index contributed by atoms with van der Waals surface area (Å²) in [6.07, 6.45) is 0. The molecule has 2 heterocycles. The average molecular weight is 773 g/mol. The van der Waals surface area contributed by atoms with Gasteiger partial charge in [0, 0.05) is 50.2 Å². The zero-order valence-corrected chi connectivity index (χ0v) is 34.3. The van der Waals surface area contributed by atoms with Crippen LogP contribution in [0.5, 0.6) is 0 Å². The van der Waals surface area contributed by atoms with E-state index in [1.54, 1.807) is 0 Å². The van der Waals surface area contributed by atoms with Gasteiger partial charge in [0.1, 0.15) is 0 Å². The molecule has 0 unspecified atom stereocenters. The first-order valence-corrected chi connectivity index (χ1v) is 20.6. The van der Waals surface area contributed by atoms with Crippen LogP contribution in [0.15, 0.2) is 194 Å². The minimum atomic E-state index is 0.744. The van der Waals surface area contributed by atoms with E-state index in [-0.39, 0.29) is 0 Å². The lowest BCUT2D eigenvalue weighted by Gasteiger charge is -2.25. The lowest BCUT2D eigenvalue weighted by atomic mass is 9.92. The Morgan fingerprint density at radius 1 is 0.383 bits per heavy atom. The molecule has 8 aromatic carbocycles. The maximum Gasteiger partial charge on any atom is 0.160 e. The van der Waals surface area contributed by atoms with E-state index in [2.05, 4.69) is 231 Å².